The van der Waals surface area contributed by atoms with Gasteiger partial charge in [-0.1, -0.05) is 13.8 Å². The standard InChI is InChI=1S/C9H15N3/c1-8(2)3-4-11-9-7-10-5-6-12-9/h5-8H,3-4H2,1-2H3,(H,11,12). The van der Waals surface area contributed by atoms with Crippen LogP contribution in [0, 0.1) is 5.92 Å². The lowest BCUT2D eigenvalue weighted by Gasteiger charge is -2.05. The van der Waals surface area contributed by atoms with Crippen LogP contribution in [0.25, 0.3) is 0 Å². The summed E-state index contributed by atoms with van der Waals surface area (Å²) in [6.07, 6.45) is 6.27. The molecule has 1 aromatic rings. The minimum absolute atomic E-state index is 0.731. The lowest BCUT2D eigenvalue weighted by Crippen LogP contribution is -2.05. The van der Waals surface area contributed by atoms with Crippen molar-refractivity contribution in [2.24, 2.45) is 5.92 Å². The minimum atomic E-state index is 0.731. The highest BCUT2D eigenvalue weighted by Gasteiger charge is 1.94. The van der Waals surface area contributed by atoms with Gasteiger partial charge in [0, 0.05) is 18.9 Å². The molecule has 0 aromatic carbocycles. The molecule has 0 fully saturated rings. The first-order chi connectivity index (χ1) is 5.79. The van der Waals surface area contributed by atoms with E-state index in [1.807, 2.05) is 0 Å². The van der Waals surface area contributed by atoms with Crippen LogP contribution in [0.5, 0.6) is 0 Å². The Morgan fingerprint density at radius 3 is 2.83 bits per heavy atom. The largest absolute Gasteiger partial charge is 0.369 e. The quantitative estimate of drug-likeness (QED) is 0.740. The molecule has 0 spiro atoms. The fourth-order valence-electron chi connectivity index (χ4n) is 0.879. The summed E-state index contributed by atoms with van der Waals surface area (Å²) >= 11 is 0. The maximum absolute atomic E-state index is 4.10. The van der Waals surface area contributed by atoms with E-state index in [2.05, 4.69) is 29.1 Å². The van der Waals surface area contributed by atoms with Crippen LogP contribution >= 0.6 is 0 Å². The molecule has 0 bridgehead atoms. The van der Waals surface area contributed by atoms with E-state index in [0.717, 1.165) is 24.7 Å². The van der Waals surface area contributed by atoms with Crippen molar-refractivity contribution in [3.05, 3.63) is 18.6 Å². The number of hydrogen-bond acceptors (Lipinski definition) is 3. The summed E-state index contributed by atoms with van der Waals surface area (Å²) < 4.78 is 0. The van der Waals surface area contributed by atoms with Gasteiger partial charge in [0.15, 0.2) is 0 Å². The van der Waals surface area contributed by atoms with Crippen LogP contribution < -0.4 is 5.32 Å². The van der Waals surface area contributed by atoms with Gasteiger partial charge in [0.1, 0.15) is 5.82 Å². The Balaban J connectivity index is 2.25. The third-order valence-electron chi connectivity index (χ3n) is 1.59. The summed E-state index contributed by atoms with van der Waals surface area (Å²) in [4.78, 5) is 8.06. The van der Waals surface area contributed by atoms with Crippen LogP contribution in [-0.4, -0.2) is 16.5 Å². The van der Waals surface area contributed by atoms with Crippen molar-refractivity contribution < 1.29 is 0 Å². The molecule has 3 nitrogen and oxygen atoms in total. The second kappa shape index (κ2) is 4.70. The molecule has 0 aliphatic carbocycles. The summed E-state index contributed by atoms with van der Waals surface area (Å²) in [7, 11) is 0. The molecule has 0 unspecified atom stereocenters. The monoisotopic (exact) mass is 165 g/mol. The van der Waals surface area contributed by atoms with E-state index in [9.17, 15) is 0 Å². The van der Waals surface area contributed by atoms with Crippen molar-refractivity contribution in [2.75, 3.05) is 11.9 Å². The van der Waals surface area contributed by atoms with E-state index in [4.69, 9.17) is 0 Å². The van der Waals surface area contributed by atoms with Crippen LogP contribution in [0.3, 0.4) is 0 Å². The molecule has 0 amide bonds. The molecule has 0 aliphatic rings. The second-order valence-electron chi connectivity index (χ2n) is 3.20. The molecule has 1 N–H and O–H groups in total. The fraction of sp³-hybridized carbons (Fsp3) is 0.556. The zero-order valence-electron chi connectivity index (χ0n) is 7.62. The number of anilines is 1. The smallest absolute Gasteiger partial charge is 0.144 e. The second-order valence-corrected chi connectivity index (χ2v) is 3.20. The number of nitrogens with zero attached hydrogens (tertiary/aromatic N) is 2. The minimum Gasteiger partial charge on any atom is -0.369 e. The normalized spacial score (nSPS) is 10.2. The summed E-state index contributed by atoms with van der Waals surface area (Å²) in [5.74, 6) is 1.59. The fourth-order valence-corrected chi connectivity index (χ4v) is 0.879. The highest BCUT2D eigenvalue weighted by atomic mass is 15.0. The molecule has 0 atom stereocenters. The topological polar surface area (TPSA) is 37.8 Å². The molecular weight excluding hydrogens is 150 g/mol. The average molecular weight is 165 g/mol. The molecular formula is C9H15N3. The average Bonchev–Trinajstić information content (AvgIpc) is 2.05. The van der Waals surface area contributed by atoms with Crippen LogP contribution in [0.4, 0.5) is 5.82 Å². The lowest BCUT2D eigenvalue weighted by atomic mass is 10.1. The number of hydrogen-bond donors (Lipinski definition) is 1. The van der Waals surface area contributed by atoms with Crippen molar-refractivity contribution in [3.8, 4) is 0 Å². The highest BCUT2D eigenvalue weighted by Crippen LogP contribution is 2.01. The zero-order chi connectivity index (χ0) is 8.81. The molecule has 0 saturated heterocycles. The van der Waals surface area contributed by atoms with E-state index < -0.39 is 0 Å². The number of aromatic nitrogens is 2. The maximum Gasteiger partial charge on any atom is 0.144 e. The van der Waals surface area contributed by atoms with Gasteiger partial charge < -0.3 is 5.32 Å². The summed E-state index contributed by atoms with van der Waals surface area (Å²) in [6, 6.07) is 0. The molecule has 12 heavy (non-hydrogen) atoms. The summed E-state index contributed by atoms with van der Waals surface area (Å²) in [5.41, 5.74) is 0. The maximum atomic E-state index is 4.10. The van der Waals surface area contributed by atoms with Crippen molar-refractivity contribution in [1.82, 2.24) is 9.97 Å². The van der Waals surface area contributed by atoms with Gasteiger partial charge in [0.2, 0.25) is 0 Å². The Labute approximate surface area is 73.2 Å². The van der Waals surface area contributed by atoms with Gasteiger partial charge in [-0.15, -0.1) is 0 Å². The molecule has 0 radical (unpaired) electrons. The van der Waals surface area contributed by atoms with Crippen LogP contribution in [0.2, 0.25) is 0 Å². The van der Waals surface area contributed by atoms with Crippen molar-refractivity contribution in [3.63, 3.8) is 0 Å². The van der Waals surface area contributed by atoms with Gasteiger partial charge >= 0.3 is 0 Å². The summed E-state index contributed by atoms with van der Waals surface area (Å²) in [6.45, 7) is 5.38. The molecule has 0 saturated carbocycles. The molecule has 1 heterocycles. The van der Waals surface area contributed by atoms with E-state index in [1.165, 1.54) is 0 Å². The van der Waals surface area contributed by atoms with E-state index in [1.54, 1.807) is 18.6 Å². The Bertz CT molecular complexity index is 208. The highest BCUT2D eigenvalue weighted by molar-refractivity contribution is 5.29. The van der Waals surface area contributed by atoms with E-state index >= 15 is 0 Å². The zero-order valence-corrected chi connectivity index (χ0v) is 7.62. The van der Waals surface area contributed by atoms with Crippen LogP contribution in [0.15, 0.2) is 18.6 Å². The number of rotatable bonds is 4. The van der Waals surface area contributed by atoms with Crippen molar-refractivity contribution in [1.29, 1.82) is 0 Å². The van der Waals surface area contributed by atoms with Crippen LogP contribution in [-0.2, 0) is 0 Å². The Hall–Kier alpha value is -1.12. The third-order valence-corrected chi connectivity index (χ3v) is 1.59. The molecule has 3 heteroatoms. The van der Waals surface area contributed by atoms with Gasteiger partial charge in [-0.25, -0.2) is 4.98 Å². The molecule has 0 aliphatic heterocycles. The Morgan fingerprint density at radius 1 is 1.42 bits per heavy atom. The van der Waals surface area contributed by atoms with Crippen molar-refractivity contribution >= 4 is 5.82 Å². The molecule has 1 rings (SSSR count). The Morgan fingerprint density at radius 2 is 2.25 bits per heavy atom. The van der Waals surface area contributed by atoms with Gasteiger partial charge in [-0.2, -0.15) is 0 Å². The lowest BCUT2D eigenvalue weighted by molar-refractivity contribution is 0.606. The first kappa shape index (κ1) is 8.97. The Kier molecular flexibility index (Phi) is 3.51. The third kappa shape index (κ3) is 3.32. The summed E-state index contributed by atoms with van der Waals surface area (Å²) in [5, 5.41) is 3.20. The SMILES string of the molecule is CC(C)CCNc1cnccn1. The van der Waals surface area contributed by atoms with E-state index in [0.29, 0.717) is 0 Å². The predicted molar refractivity (Wildman–Crippen MR) is 50.0 cm³/mol. The van der Waals surface area contributed by atoms with Gasteiger partial charge in [-0.3, -0.25) is 4.98 Å². The van der Waals surface area contributed by atoms with E-state index in [-0.39, 0.29) is 0 Å². The predicted octanol–water partition coefficient (Wildman–Crippen LogP) is 1.93. The van der Waals surface area contributed by atoms with Gasteiger partial charge in [0.05, 0.1) is 6.20 Å². The first-order valence-corrected chi connectivity index (χ1v) is 4.29. The number of nitrogens with one attached hydrogen (secondary N) is 1. The molecule has 1 aromatic heterocycles. The van der Waals surface area contributed by atoms with Crippen molar-refractivity contribution in [2.45, 2.75) is 20.3 Å². The van der Waals surface area contributed by atoms with Crippen LogP contribution in [0.1, 0.15) is 20.3 Å². The first-order valence-electron chi connectivity index (χ1n) is 4.29. The van der Waals surface area contributed by atoms with Gasteiger partial charge in [0.25, 0.3) is 0 Å². The van der Waals surface area contributed by atoms with Gasteiger partial charge in [-0.05, 0) is 12.3 Å². The molecule has 66 valence electrons.